The fourth-order valence-corrected chi connectivity index (χ4v) is 5.01. The van der Waals surface area contributed by atoms with E-state index in [0.717, 1.165) is 5.92 Å². The lowest BCUT2D eigenvalue weighted by Gasteiger charge is -2.61. The minimum absolute atomic E-state index is 0.0930. The molecular formula is C24H33BO. The topological polar surface area (TPSA) is 9.23 Å². The Hall–Kier alpha value is -1.28. The van der Waals surface area contributed by atoms with Gasteiger partial charge in [-0.1, -0.05) is 83.9 Å². The molecule has 2 aliphatic rings. The molecule has 0 bridgehead atoms. The fraction of sp³-hybridized carbons (Fsp3) is 0.583. The van der Waals surface area contributed by atoms with Crippen molar-refractivity contribution in [3.05, 3.63) is 42.0 Å². The van der Waals surface area contributed by atoms with Gasteiger partial charge in [0.1, 0.15) is 0 Å². The van der Waals surface area contributed by atoms with E-state index >= 15 is 0 Å². The standard InChI is InChI=1S/C24H33BO/c1-22(2,3)18-10-8-17-15-19(11-9-16(17)14-18)25-21-13-12-20(21)23(4,5)24(6,7)26-25/h8-11,14-15,20-21H,12-13H2,1-7H3. The van der Waals surface area contributed by atoms with E-state index in [-0.39, 0.29) is 23.3 Å². The average molecular weight is 348 g/mol. The molecule has 0 aromatic heterocycles. The van der Waals surface area contributed by atoms with Gasteiger partial charge in [0.25, 0.3) is 0 Å². The second kappa shape index (κ2) is 5.61. The molecule has 1 saturated heterocycles. The Morgan fingerprint density at radius 1 is 0.923 bits per heavy atom. The van der Waals surface area contributed by atoms with Crippen molar-refractivity contribution >= 4 is 23.2 Å². The number of benzene rings is 2. The third-order valence-corrected chi connectivity index (χ3v) is 7.68. The molecule has 1 nitrogen and oxygen atoms in total. The van der Waals surface area contributed by atoms with Crippen LogP contribution in [0.2, 0.25) is 5.82 Å². The Morgan fingerprint density at radius 3 is 2.19 bits per heavy atom. The first kappa shape index (κ1) is 18.1. The van der Waals surface area contributed by atoms with Crippen LogP contribution in [-0.4, -0.2) is 12.5 Å². The van der Waals surface area contributed by atoms with Crippen LogP contribution < -0.4 is 5.46 Å². The molecule has 1 saturated carbocycles. The highest BCUT2D eigenvalue weighted by Crippen LogP contribution is 2.60. The van der Waals surface area contributed by atoms with Gasteiger partial charge in [-0.15, -0.1) is 0 Å². The highest BCUT2D eigenvalue weighted by molar-refractivity contribution is 6.69. The lowest BCUT2D eigenvalue weighted by atomic mass is 9.34. The van der Waals surface area contributed by atoms with Gasteiger partial charge in [0.2, 0.25) is 0 Å². The van der Waals surface area contributed by atoms with Crippen LogP contribution in [0.1, 0.15) is 66.9 Å². The Morgan fingerprint density at radius 2 is 1.58 bits per heavy atom. The Kier molecular flexibility index (Phi) is 3.91. The highest BCUT2D eigenvalue weighted by atomic mass is 16.5. The molecular weight excluding hydrogens is 315 g/mol. The first-order valence-electron chi connectivity index (χ1n) is 10.2. The third kappa shape index (κ3) is 2.64. The monoisotopic (exact) mass is 348 g/mol. The van der Waals surface area contributed by atoms with Crippen LogP contribution in [0.5, 0.6) is 0 Å². The van der Waals surface area contributed by atoms with Gasteiger partial charge >= 0.3 is 6.92 Å². The molecule has 2 heteroatoms. The van der Waals surface area contributed by atoms with Crippen LogP contribution in [0.25, 0.3) is 10.8 Å². The maximum Gasteiger partial charge on any atom is 0.330 e. The summed E-state index contributed by atoms with van der Waals surface area (Å²) in [6.45, 7) is 16.4. The van der Waals surface area contributed by atoms with E-state index in [1.165, 1.54) is 34.6 Å². The lowest BCUT2D eigenvalue weighted by molar-refractivity contribution is -0.103. The molecule has 26 heavy (non-hydrogen) atoms. The van der Waals surface area contributed by atoms with Crippen molar-refractivity contribution in [3.8, 4) is 0 Å². The summed E-state index contributed by atoms with van der Waals surface area (Å²) >= 11 is 0. The lowest BCUT2D eigenvalue weighted by Crippen LogP contribution is -2.64. The summed E-state index contributed by atoms with van der Waals surface area (Å²) in [6, 6.07) is 13.9. The summed E-state index contributed by atoms with van der Waals surface area (Å²) in [6.07, 6.45) is 2.65. The summed E-state index contributed by atoms with van der Waals surface area (Å²) in [7, 11) is 0. The maximum atomic E-state index is 6.74. The number of hydrogen-bond acceptors (Lipinski definition) is 1. The number of fused-ring (bicyclic) bond motifs is 2. The summed E-state index contributed by atoms with van der Waals surface area (Å²) in [5.74, 6) is 1.44. The SMILES string of the molecule is CC(C)(C)c1ccc2cc(B3OC(C)(C)C(C)(C)C4CCC34)ccc2c1. The molecule has 2 unspecified atom stereocenters. The molecule has 2 atom stereocenters. The van der Waals surface area contributed by atoms with Crippen LogP contribution in [-0.2, 0) is 10.1 Å². The zero-order valence-electron chi connectivity index (χ0n) is 17.5. The minimum Gasteiger partial charge on any atom is -0.425 e. The first-order chi connectivity index (χ1) is 12.0. The van der Waals surface area contributed by atoms with Crippen LogP contribution in [0.4, 0.5) is 0 Å². The predicted octanol–water partition coefficient (Wildman–Crippen LogP) is 5.95. The van der Waals surface area contributed by atoms with E-state index in [0.29, 0.717) is 5.82 Å². The van der Waals surface area contributed by atoms with E-state index in [1.54, 1.807) is 0 Å². The van der Waals surface area contributed by atoms with Crippen LogP contribution in [0.15, 0.2) is 36.4 Å². The molecule has 1 heterocycles. The van der Waals surface area contributed by atoms with Gasteiger partial charge in [-0.25, -0.2) is 0 Å². The summed E-state index contributed by atoms with van der Waals surface area (Å²) in [5, 5.41) is 2.67. The largest absolute Gasteiger partial charge is 0.425 e. The molecule has 2 aromatic carbocycles. The predicted molar refractivity (Wildman–Crippen MR) is 113 cm³/mol. The van der Waals surface area contributed by atoms with Gasteiger partial charge in [-0.05, 0) is 58.2 Å². The normalized spacial score (nSPS) is 27.1. The van der Waals surface area contributed by atoms with Gasteiger partial charge in [0.15, 0.2) is 0 Å². The van der Waals surface area contributed by atoms with Crippen molar-refractivity contribution in [1.29, 1.82) is 0 Å². The Bertz CT molecular complexity index is 843. The number of rotatable bonds is 1. The molecule has 2 aromatic rings. The Labute approximate surface area is 159 Å². The van der Waals surface area contributed by atoms with Crippen LogP contribution in [0, 0.1) is 11.3 Å². The molecule has 2 fully saturated rings. The number of hydrogen-bond donors (Lipinski definition) is 0. The summed E-state index contributed by atoms with van der Waals surface area (Å²) in [5.41, 5.74) is 3.09. The van der Waals surface area contributed by atoms with Gasteiger partial charge in [0, 0.05) is 0 Å². The van der Waals surface area contributed by atoms with Crippen LogP contribution in [0.3, 0.4) is 0 Å². The average Bonchev–Trinajstić information content (AvgIpc) is 2.49. The fourth-order valence-electron chi connectivity index (χ4n) is 5.01. The molecule has 1 aliphatic heterocycles. The van der Waals surface area contributed by atoms with E-state index in [1.807, 2.05) is 0 Å². The van der Waals surface area contributed by atoms with Crippen LogP contribution >= 0.6 is 0 Å². The van der Waals surface area contributed by atoms with Crippen molar-refractivity contribution in [2.24, 2.45) is 11.3 Å². The quantitative estimate of drug-likeness (QED) is 0.579. The molecule has 0 spiro atoms. The molecule has 4 rings (SSSR count). The van der Waals surface area contributed by atoms with Gasteiger partial charge in [-0.2, -0.15) is 0 Å². The van der Waals surface area contributed by atoms with Gasteiger partial charge < -0.3 is 4.65 Å². The molecule has 1 aliphatic carbocycles. The smallest absolute Gasteiger partial charge is 0.330 e. The second-order valence-corrected chi connectivity index (χ2v) is 10.7. The van der Waals surface area contributed by atoms with E-state index in [4.69, 9.17) is 4.65 Å². The zero-order chi connectivity index (χ0) is 18.9. The van der Waals surface area contributed by atoms with E-state index < -0.39 is 0 Å². The van der Waals surface area contributed by atoms with Crippen molar-refractivity contribution in [1.82, 2.24) is 0 Å². The third-order valence-electron chi connectivity index (χ3n) is 7.68. The van der Waals surface area contributed by atoms with Crippen molar-refractivity contribution in [2.75, 3.05) is 0 Å². The minimum atomic E-state index is -0.0930. The molecule has 138 valence electrons. The van der Waals surface area contributed by atoms with Gasteiger partial charge in [0.05, 0.1) is 5.60 Å². The van der Waals surface area contributed by atoms with Crippen molar-refractivity contribution in [2.45, 2.75) is 78.1 Å². The summed E-state index contributed by atoms with van der Waals surface area (Å²) < 4.78 is 6.74. The second-order valence-electron chi connectivity index (χ2n) is 10.7. The maximum absolute atomic E-state index is 6.74. The molecule has 0 amide bonds. The first-order valence-corrected chi connectivity index (χ1v) is 10.2. The zero-order valence-corrected chi connectivity index (χ0v) is 17.5. The van der Waals surface area contributed by atoms with E-state index in [9.17, 15) is 0 Å². The summed E-state index contributed by atoms with van der Waals surface area (Å²) in [4.78, 5) is 0. The molecule has 0 N–H and O–H groups in total. The highest BCUT2D eigenvalue weighted by Gasteiger charge is 2.59. The van der Waals surface area contributed by atoms with Crippen molar-refractivity contribution < 1.29 is 4.65 Å². The van der Waals surface area contributed by atoms with E-state index in [2.05, 4.69) is 84.9 Å². The van der Waals surface area contributed by atoms with Crippen molar-refractivity contribution in [3.63, 3.8) is 0 Å². The Balaban J connectivity index is 1.71. The van der Waals surface area contributed by atoms with Gasteiger partial charge in [-0.3, -0.25) is 0 Å². The molecule has 0 radical (unpaired) electrons.